The van der Waals surface area contributed by atoms with Crippen LogP contribution in [0, 0.1) is 11.8 Å². The van der Waals surface area contributed by atoms with E-state index in [0.717, 1.165) is 18.4 Å². The summed E-state index contributed by atoms with van der Waals surface area (Å²) >= 11 is 0. The minimum absolute atomic E-state index is 0.0418. The molecule has 0 aromatic heterocycles. The average molecular weight is 442 g/mol. The maximum absolute atomic E-state index is 13.3. The average Bonchev–Trinajstić information content (AvgIpc) is 3.15. The fourth-order valence-corrected chi connectivity index (χ4v) is 5.24. The van der Waals surface area contributed by atoms with E-state index in [9.17, 15) is 9.90 Å². The Kier molecular flexibility index (Phi) is 6.45. The van der Waals surface area contributed by atoms with Gasteiger partial charge in [-0.25, -0.2) is 4.79 Å². The van der Waals surface area contributed by atoms with Crippen molar-refractivity contribution in [2.24, 2.45) is 11.8 Å². The van der Waals surface area contributed by atoms with Gasteiger partial charge in [0.15, 0.2) is 0 Å². The highest BCUT2D eigenvalue weighted by Gasteiger charge is 2.32. The van der Waals surface area contributed by atoms with E-state index in [4.69, 9.17) is 4.74 Å². The molecule has 170 valence electrons. The number of fused-ring (bicyclic) bond motifs is 3. The second kappa shape index (κ2) is 9.80. The van der Waals surface area contributed by atoms with E-state index in [0.29, 0.717) is 25.6 Å². The minimum atomic E-state index is -0.307. The molecule has 0 saturated heterocycles. The summed E-state index contributed by atoms with van der Waals surface area (Å²) in [5, 5.41) is 10.0. The van der Waals surface area contributed by atoms with E-state index in [1.807, 2.05) is 42.5 Å². The molecule has 33 heavy (non-hydrogen) atoms. The zero-order valence-corrected chi connectivity index (χ0v) is 18.9. The lowest BCUT2D eigenvalue weighted by atomic mass is 9.76. The fraction of sp³-hybridized carbons (Fsp3) is 0.345. The van der Waals surface area contributed by atoms with Crippen LogP contribution in [0.3, 0.4) is 0 Å². The van der Waals surface area contributed by atoms with E-state index in [1.165, 1.54) is 28.7 Å². The first-order chi connectivity index (χ1) is 16.2. The first kappa shape index (κ1) is 21.7. The normalized spacial score (nSPS) is 15.9. The van der Waals surface area contributed by atoms with Crippen LogP contribution in [0.1, 0.15) is 41.9 Å². The molecule has 4 heteroatoms. The Morgan fingerprint density at radius 1 is 0.909 bits per heavy atom. The van der Waals surface area contributed by atoms with Gasteiger partial charge in [-0.1, -0.05) is 98.1 Å². The van der Waals surface area contributed by atoms with Crippen molar-refractivity contribution in [2.45, 2.75) is 31.7 Å². The Morgan fingerprint density at radius 3 is 2.09 bits per heavy atom. The summed E-state index contributed by atoms with van der Waals surface area (Å²) in [7, 11) is 0. The molecule has 3 aromatic carbocycles. The number of hydrogen-bond donors (Lipinski definition) is 1. The molecule has 0 spiro atoms. The maximum Gasteiger partial charge on any atom is 0.410 e. The third kappa shape index (κ3) is 4.53. The van der Waals surface area contributed by atoms with Gasteiger partial charge < -0.3 is 14.7 Å². The Bertz CT molecular complexity index is 1050. The second-order valence-corrected chi connectivity index (χ2v) is 9.30. The van der Waals surface area contributed by atoms with Gasteiger partial charge in [0, 0.05) is 31.5 Å². The van der Waals surface area contributed by atoms with Crippen LogP contribution in [-0.2, 0) is 11.3 Å². The molecule has 1 unspecified atom stereocenters. The SMILES string of the molecule is O=C(OCC1c2ccccc2-c2ccccc21)N(Cc1ccccc1)CC(CO)C1CCC1. The number of nitrogens with zero attached hydrogens (tertiary/aromatic N) is 1. The number of ether oxygens (including phenoxy) is 1. The molecule has 1 amide bonds. The zero-order valence-electron chi connectivity index (χ0n) is 18.9. The Labute approximate surface area is 195 Å². The van der Waals surface area contributed by atoms with Gasteiger partial charge in [-0.15, -0.1) is 0 Å². The van der Waals surface area contributed by atoms with Crippen molar-refractivity contribution in [3.05, 3.63) is 95.6 Å². The van der Waals surface area contributed by atoms with Crippen molar-refractivity contribution in [1.29, 1.82) is 0 Å². The van der Waals surface area contributed by atoms with E-state index in [2.05, 4.69) is 36.4 Å². The van der Waals surface area contributed by atoms with Crippen molar-refractivity contribution >= 4 is 6.09 Å². The van der Waals surface area contributed by atoms with E-state index < -0.39 is 0 Å². The molecule has 2 aliphatic rings. The van der Waals surface area contributed by atoms with Crippen LogP contribution in [0.25, 0.3) is 11.1 Å². The molecule has 0 heterocycles. The number of benzene rings is 3. The lowest BCUT2D eigenvalue weighted by molar-refractivity contribution is 0.0592. The van der Waals surface area contributed by atoms with Gasteiger partial charge in [-0.3, -0.25) is 0 Å². The number of aliphatic hydroxyl groups is 1. The molecule has 1 N–H and O–H groups in total. The number of rotatable bonds is 8. The van der Waals surface area contributed by atoms with Gasteiger partial charge in [0.2, 0.25) is 0 Å². The highest BCUT2D eigenvalue weighted by atomic mass is 16.6. The molecule has 2 aliphatic carbocycles. The van der Waals surface area contributed by atoms with Gasteiger partial charge in [-0.05, 0) is 33.7 Å². The van der Waals surface area contributed by atoms with Crippen LogP contribution < -0.4 is 0 Å². The Morgan fingerprint density at radius 2 is 1.52 bits per heavy atom. The highest BCUT2D eigenvalue weighted by molar-refractivity contribution is 5.79. The first-order valence-corrected chi connectivity index (χ1v) is 12.0. The molecule has 1 atom stereocenters. The van der Waals surface area contributed by atoms with Crippen molar-refractivity contribution in [3.8, 4) is 11.1 Å². The molecule has 0 radical (unpaired) electrons. The quantitative estimate of drug-likeness (QED) is 0.477. The summed E-state index contributed by atoms with van der Waals surface area (Å²) in [6.45, 7) is 1.42. The second-order valence-electron chi connectivity index (χ2n) is 9.30. The lowest BCUT2D eigenvalue weighted by Crippen LogP contribution is -2.40. The van der Waals surface area contributed by atoms with Gasteiger partial charge in [-0.2, -0.15) is 0 Å². The largest absolute Gasteiger partial charge is 0.448 e. The number of aliphatic hydroxyl groups excluding tert-OH is 1. The lowest BCUT2D eigenvalue weighted by Gasteiger charge is -2.36. The third-order valence-electron chi connectivity index (χ3n) is 7.32. The van der Waals surface area contributed by atoms with Gasteiger partial charge in [0.25, 0.3) is 0 Å². The molecule has 1 fully saturated rings. The van der Waals surface area contributed by atoms with Crippen LogP contribution in [0.15, 0.2) is 78.9 Å². The summed E-state index contributed by atoms with van der Waals surface area (Å²) in [6.07, 6.45) is 3.17. The molecule has 0 aliphatic heterocycles. The molecule has 0 bridgehead atoms. The molecular formula is C29H31NO3. The van der Waals surface area contributed by atoms with Gasteiger partial charge >= 0.3 is 6.09 Å². The number of carbonyl (C=O) groups excluding carboxylic acids is 1. The standard InChI is InChI=1S/C29H31NO3/c31-19-23(22-11-8-12-22)18-30(17-21-9-2-1-3-10-21)29(32)33-20-28-26-15-6-4-13-24(26)25-14-5-7-16-27(25)28/h1-7,9-10,13-16,22-23,28,31H,8,11-12,17-20H2. The van der Waals surface area contributed by atoms with Crippen molar-refractivity contribution in [3.63, 3.8) is 0 Å². The van der Waals surface area contributed by atoms with Gasteiger partial charge in [0.05, 0.1) is 0 Å². The van der Waals surface area contributed by atoms with Gasteiger partial charge in [0.1, 0.15) is 6.61 Å². The van der Waals surface area contributed by atoms with Crippen LogP contribution in [0.4, 0.5) is 4.79 Å². The monoisotopic (exact) mass is 441 g/mol. The summed E-state index contributed by atoms with van der Waals surface area (Å²) in [4.78, 5) is 15.1. The molecule has 1 saturated carbocycles. The topological polar surface area (TPSA) is 49.8 Å². The molecular weight excluding hydrogens is 410 g/mol. The molecule has 4 nitrogen and oxygen atoms in total. The number of amides is 1. The summed E-state index contributed by atoms with van der Waals surface area (Å²) < 4.78 is 5.96. The van der Waals surface area contributed by atoms with E-state index in [1.54, 1.807) is 4.90 Å². The summed E-state index contributed by atoms with van der Waals surface area (Å²) in [6, 6.07) is 26.8. The molecule has 3 aromatic rings. The predicted octanol–water partition coefficient (Wildman–Crippen LogP) is 5.85. The van der Waals surface area contributed by atoms with Crippen LogP contribution in [0.5, 0.6) is 0 Å². The first-order valence-electron chi connectivity index (χ1n) is 12.0. The van der Waals surface area contributed by atoms with Crippen molar-refractivity contribution < 1.29 is 14.6 Å². The highest BCUT2D eigenvalue weighted by Crippen LogP contribution is 2.44. The summed E-state index contributed by atoms with van der Waals surface area (Å²) in [5.74, 6) is 0.637. The zero-order chi connectivity index (χ0) is 22.6. The Balaban J connectivity index is 1.33. The Hall–Kier alpha value is -3.11. The smallest absolute Gasteiger partial charge is 0.410 e. The van der Waals surface area contributed by atoms with Crippen molar-refractivity contribution in [1.82, 2.24) is 4.90 Å². The maximum atomic E-state index is 13.3. The van der Waals surface area contributed by atoms with E-state index >= 15 is 0 Å². The fourth-order valence-electron chi connectivity index (χ4n) is 5.24. The number of hydrogen-bond acceptors (Lipinski definition) is 3. The summed E-state index contributed by atoms with van der Waals surface area (Å²) in [5.41, 5.74) is 5.94. The van der Waals surface area contributed by atoms with Crippen LogP contribution >= 0.6 is 0 Å². The van der Waals surface area contributed by atoms with Crippen LogP contribution in [-0.4, -0.2) is 35.9 Å². The molecule has 5 rings (SSSR count). The predicted molar refractivity (Wildman–Crippen MR) is 130 cm³/mol. The van der Waals surface area contributed by atoms with Crippen LogP contribution in [0.2, 0.25) is 0 Å². The number of carbonyl (C=O) groups is 1. The van der Waals surface area contributed by atoms with E-state index in [-0.39, 0.29) is 24.5 Å². The van der Waals surface area contributed by atoms with Crippen molar-refractivity contribution in [2.75, 3.05) is 19.8 Å². The minimum Gasteiger partial charge on any atom is -0.448 e. The third-order valence-corrected chi connectivity index (χ3v) is 7.32.